The van der Waals surface area contributed by atoms with Crippen LogP contribution in [0.4, 0.5) is 10.8 Å². The molecule has 1 N–H and O–H groups in total. The molecule has 1 amide bonds. The van der Waals surface area contributed by atoms with E-state index in [0.717, 1.165) is 18.2 Å². The standard InChI is InChI=1S/C23H27N3O5S2/c1-5-13-31-20-12-9-17(14-21(20)30-6-2)22(27)25-23-24-19(15-32-23)16-7-10-18(11-8-16)26(3)33(4,28)29/h7-12,14-15H,5-6,13H2,1-4H3,(H,24,25,27). The molecule has 0 saturated heterocycles. The van der Waals surface area contributed by atoms with Gasteiger partial charge in [-0.2, -0.15) is 0 Å². The minimum Gasteiger partial charge on any atom is -0.490 e. The van der Waals surface area contributed by atoms with Gasteiger partial charge in [-0.05, 0) is 43.7 Å². The van der Waals surface area contributed by atoms with E-state index in [-0.39, 0.29) is 5.91 Å². The first-order valence-electron chi connectivity index (χ1n) is 10.4. The monoisotopic (exact) mass is 489 g/mol. The highest BCUT2D eigenvalue weighted by Crippen LogP contribution is 2.30. The number of aromatic nitrogens is 1. The Morgan fingerprint density at radius 3 is 2.45 bits per heavy atom. The van der Waals surface area contributed by atoms with Crippen LogP contribution in [-0.4, -0.2) is 45.8 Å². The van der Waals surface area contributed by atoms with E-state index < -0.39 is 10.0 Å². The molecule has 0 aliphatic rings. The lowest BCUT2D eigenvalue weighted by Gasteiger charge is -2.16. The molecule has 0 atom stereocenters. The Hall–Kier alpha value is -3.11. The maximum absolute atomic E-state index is 12.8. The Labute approximate surface area is 198 Å². The topological polar surface area (TPSA) is 97.8 Å². The van der Waals surface area contributed by atoms with Crippen LogP contribution in [0.3, 0.4) is 0 Å². The summed E-state index contributed by atoms with van der Waals surface area (Å²) in [4.78, 5) is 17.2. The van der Waals surface area contributed by atoms with Gasteiger partial charge in [-0.15, -0.1) is 11.3 Å². The van der Waals surface area contributed by atoms with Crippen LogP contribution in [0.2, 0.25) is 0 Å². The summed E-state index contributed by atoms with van der Waals surface area (Å²) in [5.41, 5.74) is 2.49. The highest BCUT2D eigenvalue weighted by atomic mass is 32.2. The second-order valence-electron chi connectivity index (χ2n) is 7.21. The quantitative estimate of drug-likeness (QED) is 0.445. The van der Waals surface area contributed by atoms with Crippen molar-refractivity contribution in [2.24, 2.45) is 0 Å². The molecular weight excluding hydrogens is 462 g/mol. The van der Waals surface area contributed by atoms with Crippen molar-refractivity contribution in [2.75, 3.05) is 36.1 Å². The molecule has 1 aromatic heterocycles. The molecule has 3 aromatic rings. The third-order valence-corrected chi connectivity index (χ3v) is 6.68. The maximum Gasteiger partial charge on any atom is 0.257 e. The summed E-state index contributed by atoms with van der Waals surface area (Å²) in [5, 5.41) is 5.10. The van der Waals surface area contributed by atoms with Crippen LogP contribution < -0.4 is 19.1 Å². The number of carbonyl (C=O) groups is 1. The summed E-state index contributed by atoms with van der Waals surface area (Å²) < 4.78 is 35.9. The number of amides is 1. The van der Waals surface area contributed by atoms with E-state index in [1.54, 1.807) is 42.5 Å². The Morgan fingerprint density at radius 2 is 1.82 bits per heavy atom. The summed E-state index contributed by atoms with van der Waals surface area (Å²) in [6, 6.07) is 12.1. The Bertz CT molecular complexity index is 1210. The minimum atomic E-state index is -3.33. The van der Waals surface area contributed by atoms with Gasteiger partial charge in [-0.1, -0.05) is 19.1 Å². The van der Waals surface area contributed by atoms with Gasteiger partial charge in [0.25, 0.3) is 5.91 Å². The van der Waals surface area contributed by atoms with Crippen LogP contribution >= 0.6 is 11.3 Å². The van der Waals surface area contributed by atoms with Crippen molar-refractivity contribution in [1.29, 1.82) is 0 Å². The average molecular weight is 490 g/mol. The zero-order chi connectivity index (χ0) is 24.0. The average Bonchev–Trinajstić information content (AvgIpc) is 3.25. The first-order chi connectivity index (χ1) is 15.7. The zero-order valence-corrected chi connectivity index (χ0v) is 20.6. The van der Waals surface area contributed by atoms with Crippen LogP contribution in [0, 0.1) is 0 Å². The molecule has 33 heavy (non-hydrogen) atoms. The number of nitrogens with one attached hydrogen (secondary N) is 1. The van der Waals surface area contributed by atoms with E-state index >= 15 is 0 Å². The molecule has 1 heterocycles. The summed E-state index contributed by atoms with van der Waals surface area (Å²) in [7, 11) is -1.83. The fourth-order valence-corrected chi connectivity index (χ4v) is 4.13. The van der Waals surface area contributed by atoms with Gasteiger partial charge in [0.05, 0.1) is 30.9 Å². The van der Waals surface area contributed by atoms with Crippen LogP contribution in [0.5, 0.6) is 11.5 Å². The van der Waals surface area contributed by atoms with Gasteiger partial charge in [0, 0.05) is 23.6 Å². The first-order valence-corrected chi connectivity index (χ1v) is 13.2. The van der Waals surface area contributed by atoms with Gasteiger partial charge in [-0.3, -0.25) is 14.4 Å². The van der Waals surface area contributed by atoms with Gasteiger partial charge >= 0.3 is 0 Å². The van der Waals surface area contributed by atoms with E-state index in [9.17, 15) is 13.2 Å². The van der Waals surface area contributed by atoms with Crippen molar-refractivity contribution in [1.82, 2.24) is 4.98 Å². The fraction of sp³-hybridized carbons (Fsp3) is 0.304. The SMILES string of the molecule is CCCOc1ccc(C(=O)Nc2nc(-c3ccc(N(C)S(C)(=O)=O)cc3)cs2)cc1OCC. The Kier molecular flexibility index (Phi) is 7.93. The van der Waals surface area contributed by atoms with Gasteiger partial charge < -0.3 is 9.47 Å². The van der Waals surface area contributed by atoms with E-state index in [1.807, 2.05) is 19.2 Å². The van der Waals surface area contributed by atoms with Crippen LogP contribution in [-0.2, 0) is 10.0 Å². The third-order valence-electron chi connectivity index (χ3n) is 4.72. The molecule has 0 saturated carbocycles. The van der Waals surface area contributed by atoms with Crippen molar-refractivity contribution < 1.29 is 22.7 Å². The van der Waals surface area contributed by atoms with Crippen LogP contribution in [0.15, 0.2) is 47.8 Å². The number of hydrogen-bond donors (Lipinski definition) is 1. The molecule has 10 heteroatoms. The minimum absolute atomic E-state index is 0.302. The van der Waals surface area contributed by atoms with Crippen molar-refractivity contribution >= 4 is 38.1 Å². The number of sulfonamides is 1. The maximum atomic E-state index is 12.8. The van der Waals surface area contributed by atoms with Gasteiger partial charge in [0.1, 0.15) is 0 Å². The van der Waals surface area contributed by atoms with Crippen molar-refractivity contribution in [3.63, 3.8) is 0 Å². The molecule has 176 valence electrons. The lowest BCUT2D eigenvalue weighted by Crippen LogP contribution is -2.24. The molecular formula is C23H27N3O5S2. The molecule has 0 bridgehead atoms. The molecule has 0 aliphatic heterocycles. The smallest absolute Gasteiger partial charge is 0.257 e. The summed E-state index contributed by atoms with van der Waals surface area (Å²) >= 11 is 1.31. The number of benzene rings is 2. The van der Waals surface area contributed by atoms with Gasteiger partial charge in [-0.25, -0.2) is 13.4 Å². The molecule has 0 spiro atoms. The molecule has 0 fully saturated rings. The largest absolute Gasteiger partial charge is 0.490 e. The number of hydrogen-bond acceptors (Lipinski definition) is 7. The number of nitrogens with zero attached hydrogens (tertiary/aromatic N) is 2. The van der Waals surface area contributed by atoms with Gasteiger partial charge in [0.15, 0.2) is 16.6 Å². The second-order valence-corrected chi connectivity index (χ2v) is 10.1. The molecule has 8 nitrogen and oxygen atoms in total. The van der Waals surface area contributed by atoms with E-state index in [2.05, 4.69) is 10.3 Å². The fourth-order valence-electron chi connectivity index (χ4n) is 2.92. The summed E-state index contributed by atoms with van der Waals surface area (Å²) in [6.45, 7) is 4.92. The molecule has 3 rings (SSSR count). The lowest BCUT2D eigenvalue weighted by atomic mass is 10.1. The van der Waals surface area contributed by atoms with Crippen LogP contribution in [0.1, 0.15) is 30.6 Å². The van der Waals surface area contributed by atoms with E-state index in [4.69, 9.17) is 9.47 Å². The number of anilines is 2. The van der Waals surface area contributed by atoms with E-state index in [0.29, 0.717) is 46.8 Å². The molecule has 0 radical (unpaired) electrons. The van der Waals surface area contributed by atoms with E-state index in [1.165, 1.54) is 22.7 Å². The lowest BCUT2D eigenvalue weighted by molar-refractivity contribution is 0.102. The molecule has 0 aliphatic carbocycles. The van der Waals surface area contributed by atoms with Gasteiger partial charge in [0.2, 0.25) is 10.0 Å². The van der Waals surface area contributed by atoms with Crippen molar-refractivity contribution in [2.45, 2.75) is 20.3 Å². The van der Waals surface area contributed by atoms with Crippen molar-refractivity contribution in [3.8, 4) is 22.8 Å². The van der Waals surface area contributed by atoms with Crippen molar-refractivity contribution in [3.05, 3.63) is 53.4 Å². The summed E-state index contributed by atoms with van der Waals surface area (Å²) in [6.07, 6.45) is 2.02. The zero-order valence-electron chi connectivity index (χ0n) is 19.0. The predicted molar refractivity (Wildman–Crippen MR) is 132 cm³/mol. The highest BCUT2D eigenvalue weighted by Gasteiger charge is 2.15. The Balaban J connectivity index is 1.72. The number of thiazole rings is 1. The third kappa shape index (κ3) is 6.23. The molecule has 0 unspecified atom stereocenters. The number of rotatable bonds is 10. The number of ether oxygens (including phenoxy) is 2. The Morgan fingerprint density at radius 1 is 1.09 bits per heavy atom. The summed E-state index contributed by atoms with van der Waals surface area (Å²) in [5.74, 6) is 0.832. The second kappa shape index (κ2) is 10.7. The van der Waals surface area contributed by atoms with Crippen LogP contribution in [0.25, 0.3) is 11.3 Å². The number of carbonyl (C=O) groups excluding carboxylic acids is 1. The molecule has 2 aromatic carbocycles. The predicted octanol–water partition coefficient (Wildman–Crippen LogP) is 4.65. The normalized spacial score (nSPS) is 11.2. The first kappa shape index (κ1) is 24.5. The highest BCUT2D eigenvalue weighted by molar-refractivity contribution is 7.92.